The maximum absolute atomic E-state index is 12.5. The number of likely N-dealkylation sites (tertiary alicyclic amines) is 1. The highest BCUT2D eigenvalue weighted by atomic mass is 32.2. The van der Waals surface area contributed by atoms with Crippen LogP contribution in [-0.2, 0) is 10.2 Å². The first-order valence-electron chi connectivity index (χ1n) is 8.87. The first-order chi connectivity index (χ1) is 10.4. The van der Waals surface area contributed by atoms with Gasteiger partial charge in [0.05, 0.1) is 0 Å². The summed E-state index contributed by atoms with van der Waals surface area (Å²) in [7, 11) is -1.62. The molecule has 22 heavy (non-hydrogen) atoms. The number of hydrogen-bond donors (Lipinski definition) is 1. The third-order valence-electron chi connectivity index (χ3n) is 5.34. The summed E-state index contributed by atoms with van der Waals surface area (Å²) in [4.78, 5) is 2.41. The number of nitrogens with one attached hydrogen (secondary N) is 1. The minimum atomic E-state index is -3.35. The predicted octanol–water partition coefficient (Wildman–Crippen LogP) is 2.21. The first-order valence-corrected chi connectivity index (χ1v) is 10.3. The van der Waals surface area contributed by atoms with Crippen LogP contribution in [0.1, 0.15) is 58.8 Å². The molecule has 6 heteroatoms. The lowest BCUT2D eigenvalue weighted by Crippen LogP contribution is -2.50. The molecule has 1 N–H and O–H groups in total. The van der Waals surface area contributed by atoms with E-state index >= 15 is 0 Å². The summed E-state index contributed by atoms with van der Waals surface area (Å²) in [6.07, 6.45) is 8.04. The molecular weight excluding hydrogens is 298 g/mol. The van der Waals surface area contributed by atoms with Crippen molar-refractivity contribution in [3.63, 3.8) is 0 Å². The molecule has 1 heterocycles. The van der Waals surface area contributed by atoms with Crippen LogP contribution >= 0.6 is 0 Å². The van der Waals surface area contributed by atoms with Crippen LogP contribution in [0, 0.1) is 5.92 Å². The Hall–Kier alpha value is -0.170. The molecule has 2 rings (SSSR count). The molecule has 0 radical (unpaired) electrons. The van der Waals surface area contributed by atoms with Crippen molar-refractivity contribution < 1.29 is 8.42 Å². The topological polar surface area (TPSA) is 52.7 Å². The molecule has 2 atom stereocenters. The molecule has 130 valence electrons. The van der Waals surface area contributed by atoms with Gasteiger partial charge in [0, 0.05) is 32.2 Å². The van der Waals surface area contributed by atoms with Crippen molar-refractivity contribution in [3.8, 4) is 0 Å². The van der Waals surface area contributed by atoms with Crippen LogP contribution in [0.15, 0.2) is 0 Å². The maximum atomic E-state index is 12.5. The minimum absolute atomic E-state index is 0.177. The van der Waals surface area contributed by atoms with E-state index in [1.807, 2.05) is 0 Å². The molecule has 0 aromatic carbocycles. The highest BCUT2D eigenvalue weighted by molar-refractivity contribution is 7.87. The standard InChI is InChI=1S/C16H33N3O2S/c1-14-8-7-11-19(13-14)15(2)12-17-22(20,21)18(3)16-9-5-4-6-10-16/h14-17H,4-13H2,1-3H3/t14-,15-/m1/s1. The van der Waals surface area contributed by atoms with Gasteiger partial charge in [-0.3, -0.25) is 4.90 Å². The molecule has 0 amide bonds. The lowest BCUT2D eigenvalue weighted by molar-refractivity contribution is 0.139. The van der Waals surface area contributed by atoms with E-state index < -0.39 is 10.2 Å². The third kappa shape index (κ3) is 4.91. The van der Waals surface area contributed by atoms with Gasteiger partial charge in [0.1, 0.15) is 0 Å². The molecule has 1 saturated carbocycles. The molecule has 5 nitrogen and oxygen atoms in total. The van der Waals surface area contributed by atoms with Crippen LogP contribution in [0.5, 0.6) is 0 Å². The van der Waals surface area contributed by atoms with E-state index in [0.717, 1.165) is 44.7 Å². The van der Waals surface area contributed by atoms with Gasteiger partial charge in [-0.2, -0.15) is 12.7 Å². The van der Waals surface area contributed by atoms with Crippen LogP contribution < -0.4 is 4.72 Å². The van der Waals surface area contributed by atoms with Gasteiger partial charge in [0.2, 0.25) is 0 Å². The van der Waals surface area contributed by atoms with Crippen LogP contribution in [0.25, 0.3) is 0 Å². The minimum Gasteiger partial charge on any atom is -0.299 e. The number of rotatable bonds is 6. The van der Waals surface area contributed by atoms with Gasteiger partial charge in [-0.05, 0) is 45.1 Å². The van der Waals surface area contributed by atoms with Crippen molar-refractivity contribution >= 4 is 10.2 Å². The van der Waals surface area contributed by atoms with E-state index in [-0.39, 0.29) is 12.1 Å². The first kappa shape index (κ1) is 18.2. The summed E-state index contributed by atoms with van der Waals surface area (Å²) in [6, 6.07) is 0.439. The third-order valence-corrected chi connectivity index (χ3v) is 6.93. The van der Waals surface area contributed by atoms with Gasteiger partial charge in [-0.15, -0.1) is 0 Å². The summed E-state index contributed by atoms with van der Waals surface area (Å²) in [5.74, 6) is 0.720. The zero-order valence-electron chi connectivity index (χ0n) is 14.4. The molecule has 0 unspecified atom stereocenters. The molecule has 0 spiro atoms. The van der Waals surface area contributed by atoms with Crippen molar-refractivity contribution in [2.24, 2.45) is 5.92 Å². The fourth-order valence-corrected chi connectivity index (χ4v) is 4.98. The fraction of sp³-hybridized carbons (Fsp3) is 1.00. The highest BCUT2D eigenvalue weighted by Gasteiger charge is 2.28. The highest BCUT2D eigenvalue weighted by Crippen LogP contribution is 2.23. The van der Waals surface area contributed by atoms with E-state index in [0.29, 0.717) is 6.54 Å². The summed E-state index contributed by atoms with van der Waals surface area (Å²) >= 11 is 0. The van der Waals surface area contributed by atoms with Gasteiger partial charge in [-0.25, -0.2) is 4.72 Å². The Kier molecular flexibility index (Phi) is 6.68. The Morgan fingerprint density at radius 3 is 2.50 bits per heavy atom. The van der Waals surface area contributed by atoms with Crippen molar-refractivity contribution in [2.75, 3.05) is 26.7 Å². The largest absolute Gasteiger partial charge is 0.299 e. The number of nitrogens with zero attached hydrogens (tertiary/aromatic N) is 2. The second-order valence-corrected chi connectivity index (χ2v) is 9.07. The molecule has 2 fully saturated rings. The van der Waals surface area contributed by atoms with E-state index in [4.69, 9.17) is 0 Å². The van der Waals surface area contributed by atoms with Crippen molar-refractivity contribution in [2.45, 2.75) is 70.9 Å². The Balaban J connectivity index is 1.83. The van der Waals surface area contributed by atoms with E-state index in [9.17, 15) is 8.42 Å². The number of hydrogen-bond acceptors (Lipinski definition) is 3. The zero-order chi connectivity index (χ0) is 16.2. The smallest absolute Gasteiger partial charge is 0.279 e. The maximum Gasteiger partial charge on any atom is 0.279 e. The molecule has 2 aliphatic rings. The van der Waals surface area contributed by atoms with Crippen molar-refractivity contribution in [1.29, 1.82) is 0 Å². The lowest BCUT2D eigenvalue weighted by Gasteiger charge is -2.36. The van der Waals surface area contributed by atoms with E-state index in [2.05, 4.69) is 23.5 Å². The van der Waals surface area contributed by atoms with E-state index in [1.165, 1.54) is 19.3 Å². The normalized spacial score (nSPS) is 27.2. The van der Waals surface area contributed by atoms with E-state index in [1.54, 1.807) is 11.4 Å². The van der Waals surface area contributed by atoms with Gasteiger partial charge in [0.25, 0.3) is 10.2 Å². The van der Waals surface area contributed by atoms with Gasteiger partial charge >= 0.3 is 0 Å². The molecule has 0 bridgehead atoms. The summed E-state index contributed by atoms with van der Waals surface area (Å²) in [5.41, 5.74) is 0. The van der Waals surface area contributed by atoms with Crippen molar-refractivity contribution in [3.05, 3.63) is 0 Å². The molecule has 0 aromatic heterocycles. The molecule has 1 aliphatic carbocycles. The second-order valence-electron chi connectivity index (χ2n) is 7.25. The van der Waals surface area contributed by atoms with Crippen LogP contribution in [0.3, 0.4) is 0 Å². The molecular formula is C16H33N3O2S. The zero-order valence-corrected chi connectivity index (χ0v) is 15.2. The summed E-state index contributed by atoms with van der Waals surface area (Å²) in [6.45, 7) is 7.08. The molecule has 1 aliphatic heterocycles. The monoisotopic (exact) mass is 331 g/mol. The van der Waals surface area contributed by atoms with Gasteiger partial charge in [0.15, 0.2) is 0 Å². The summed E-state index contributed by atoms with van der Waals surface area (Å²) in [5, 5.41) is 0. The molecule has 1 saturated heterocycles. The predicted molar refractivity (Wildman–Crippen MR) is 91.0 cm³/mol. The van der Waals surface area contributed by atoms with Crippen LogP contribution in [0.4, 0.5) is 0 Å². The van der Waals surface area contributed by atoms with Gasteiger partial charge < -0.3 is 0 Å². The lowest BCUT2D eigenvalue weighted by atomic mass is 9.96. The van der Waals surface area contributed by atoms with Crippen LogP contribution in [-0.4, -0.2) is 56.4 Å². The van der Waals surface area contributed by atoms with Gasteiger partial charge in [-0.1, -0.05) is 26.2 Å². The Morgan fingerprint density at radius 2 is 1.86 bits per heavy atom. The average molecular weight is 332 g/mol. The summed E-state index contributed by atoms with van der Waals surface area (Å²) < 4.78 is 29.3. The Morgan fingerprint density at radius 1 is 1.18 bits per heavy atom. The average Bonchev–Trinajstić information content (AvgIpc) is 2.52. The quantitative estimate of drug-likeness (QED) is 0.812. The number of piperidine rings is 1. The van der Waals surface area contributed by atoms with Crippen molar-refractivity contribution in [1.82, 2.24) is 13.9 Å². The fourth-order valence-electron chi connectivity index (χ4n) is 3.72. The molecule has 0 aromatic rings. The Bertz CT molecular complexity index is 435. The SMILES string of the molecule is C[C@@H]1CCCN([C@H](C)CNS(=O)(=O)N(C)C2CCCCC2)C1. The Labute approximate surface area is 136 Å². The second kappa shape index (κ2) is 8.08. The van der Waals surface area contributed by atoms with Crippen LogP contribution in [0.2, 0.25) is 0 Å².